The highest BCUT2D eigenvalue weighted by molar-refractivity contribution is 6.30. The lowest BCUT2D eigenvalue weighted by molar-refractivity contribution is -0.122. The Kier molecular flexibility index (Phi) is 5.79. The van der Waals surface area contributed by atoms with E-state index in [0.29, 0.717) is 5.02 Å². The molecule has 0 bridgehead atoms. The molecule has 0 aromatic heterocycles. The molecule has 0 spiro atoms. The van der Waals surface area contributed by atoms with E-state index < -0.39 is 0 Å². The average molecular weight is 284 g/mol. The number of aryl methyl sites for hydroxylation is 1. The molecule has 0 saturated carbocycles. The average Bonchev–Trinajstić information content (AvgIpc) is 2.32. The third kappa shape index (κ3) is 5.28. The van der Waals surface area contributed by atoms with Crippen LogP contribution in [0.2, 0.25) is 5.02 Å². The van der Waals surface area contributed by atoms with Crippen LogP contribution in [0.1, 0.15) is 5.56 Å². The molecule has 1 rings (SSSR count). The predicted octanol–water partition coefficient (Wildman–Crippen LogP) is 1.26. The molecule has 0 heterocycles. The van der Waals surface area contributed by atoms with Gasteiger partial charge in [0.25, 0.3) is 0 Å². The second-order valence-corrected chi connectivity index (χ2v) is 4.79. The highest BCUT2D eigenvalue weighted by Gasteiger charge is 2.10. The van der Waals surface area contributed by atoms with Crippen LogP contribution < -0.4 is 10.6 Å². The molecule has 0 unspecified atom stereocenters. The Balaban J connectivity index is 2.53. The Hall–Kier alpha value is -1.59. The minimum atomic E-state index is -0.170. The molecule has 2 N–H and O–H groups in total. The number of hydrogen-bond acceptors (Lipinski definition) is 3. The zero-order chi connectivity index (χ0) is 14.4. The fourth-order valence-corrected chi connectivity index (χ4v) is 1.81. The zero-order valence-corrected chi connectivity index (χ0v) is 12.0. The number of benzene rings is 1. The summed E-state index contributed by atoms with van der Waals surface area (Å²) in [6.45, 7) is 2.20. The number of nitrogens with one attached hydrogen (secondary N) is 2. The lowest BCUT2D eigenvalue weighted by Crippen LogP contribution is -2.37. The zero-order valence-electron chi connectivity index (χ0n) is 11.3. The lowest BCUT2D eigenvalue weighted by atomic mass is 10.2. The standard InChI is InChI=1S/C13H18ClN3O2/c1-9-6-10(14)4-5-11(9)16-13(19)8-17(3)7-12(18)15-2/h4-6H,7-8H2,1-3H3,(H,15,18)(H,16,19). The van der Waals surface area contributed by atoms with Gasteiger partial charge in [-0.2, -0.15) is 0 Å². The molecular formula is C13H18ClN3O2. The molecule has 0 aliphatic rings. The molecule has 0 radical (unpaired) electrons. The molecule has 0 saturated heterocycles. The first-order chi connectivity index (χ1) is 8.92. The van der Waals surface area contributed by atoms with Gasteiger partial charge in [0.1, 0.15) is 0 Å². The summed E-state index contributed by atoms with van der Waals surface area (Å²) >= 11 is 5.85. The third-order valence-corrected chi connectivity index (χ3v) is 2.80. The molecule has 0 aliphatic carbocycles. The Morgan fingerprint density at radius 3 is 2.47 bits per heavy atom. The van der Waals surface area contributed by atoms with Crippen LogP contribution in [0.3, 0.4) is 0 Å². The number of hydrogen-bond donors (Lipinski definition) is 2. The van der Waals surface area contributed by atoms with Gasteiger partial charge in [0.05, 0.1) is 13.1 Å². The van der Waals surface area contributed by atoms with Crippen molar-refractivity contribution >= 4 is 29.1 Å². The molecule has 1 aromatic rings. The van der Waals surface area contributed by atoms with Crippen LogP contribution in [0.25, 0.3) is 0 Å². The van der Waals surface area contributed by atoms with Gasteiger partial charge in [0.15, 0.2) is 0 Å². The molecule has 0 aliphatic heterocycles. The Labute approximate surface area is 117 Å². The van der Waals surface area contributed by atoms with Crippen molar-refractivity contribution in [1.29, 1.82) is 0 Å². The van der Waals surface area contributed by atoms with Crippen molar-refractivity contribution < 1.29 is 9.59 Å². The van der Waals surface area contributed by atoms with Crippen LogP contribution in [0.5, 0.6) is 0 Å². The van der Waals surface area contributed by atoms with E-state index in [4.69, 9.17) is 11.6 Å². The van der Waals surface area contributed by atoms with E-state index in [-0.39, 0.29) is 24.9 Å². The van der Waals surface area contributed by atoms with Gasteiger partial charge in [-0.1, -0.05) is 11.6 Å². The summed E-state index contributed by atoms with van der Waals surface area (Å²) in [6, 6.07) is 5.26. The van der Waals surface area contributed by atoms with E-state index in [1.54, 1.807) is 37.2 Å². The SMILES string of the molecule is CNC(=O)CN(C)CC(=O)Nc1ccc(Cl)cc1C. The van der Waals surface area contributed by atoms with Gasteiger partial charge in [-0.25, -0.2) is 0 Å². The number of nitrogens with zero attached hydrogens (tertiary/aromatic N) is 1. The summed E-state index contributed by atoms with van der Waals surface area (Å²) in [5, 5.41) is 5.93. The van der Waals surface area contributed by atoms with Crippen molar-refractivity contribution in [2.75, 3.05) is 32.5 Å². The molecule has 19 heavy (non-hydrogen) atoms. The predicted molar refractivity (Wildman–Crippen MR) is 76.4 cm³/mol. The maximum atomic E-state index is 11.8. The van der Waals surface area contributed by atoms with Gasteiger partial charge in [-0.05, 0) is 37.7 Å². The highest BCUT2D eigenvalue weighted by atomic mass is 35.5. The smallest absolute Gasteiger partial charge is 0.238 e. The van der Waals surface area contributed by atoms with E-state index >= 15 is 0 Å². The number of anilines is 1. The minimum Gasteiger partial charge on any atom is -0.358 e. The van der Waals surface area contributed by atoms with Crippen LogP contribution in [-0.4, -0.2) is 43.9 Å². The van der Waals surface area contributed by atoms with Crippen molar-refractivity contribution in [1.82, 2.24) is 10.2 Å². The topological polar surface area (TPSA) is 61.4 Å². The molecular weight excluding hydrogens is 266 g/mol. The molecule has 0 atom stereocenters. The van der Waals surface area contributed by atoms with Gasteiger partial charge < -0.3 is 10.6 Å². The third-order valence-electron chi connectivity index (χ3n) is 2.57. The van der Waals surface area contributed by atoms with Crippen molar-refractivity contribution in [3.8, 4) is 0 Å². The monoisotopic (exact) mass is 283 g/mol. The van der Waals surface area contributed by atoms with E-state index in [2.05, 4.69) is 10.6 Å². The van der Waals surface area contributed by atoms with Crippen LogP contribution >= 0.6 is 11.6 Å². The maximum Gasteiger partial charge on any atom is 0.238 e. The summed E-state index contributed by atoms with van der Waals surface area (Å²) in [5.74, 6) is -0.296. The van der Waals surface area contributed by atoms with Crippen LogP contribution in [-0.2, 0) is 9.59 Å². The van der Waals surface area contributed by atoms with Gasteiger partial charge in [-0.15, -0.1) is 0 Å². The summed E-state index contributed by atoms with van der Waals surface area (Å²) < 4.78 is 0. The molecule has 104 valence electrons. The van der Waals surface area contributed by atoms with Crippen molar-refractivity contribution in [2.24, 2.45) is 0 Å². The summed E-state index contributed by atoms with van der Waals surface area (Å²) in [4.78, 5) is 24.6. The quantitative estimate of drug-likeness (QED) is 0.855. The van der Waals surface area contributed by atoms with Gasteiger partial charge in [-0.3, -0.25) is 14.5 Å². The molecule has 2 amide bonds. The first-order valence-corrected chi connectivity index (χ1v) is 6.25. The Bertz CT molecular complexity index is 477. The maximum absolute atomic E-state index is 11.8. The van der Waals surface area contributed by atoms with Crippen molar-refractivity contribution in [3.05, 3.63) is 28.8 Å². The summed E-state index contributed by atoms with van der Waals surface area (Å²) in [6.07, 6.45) is 0. The number of rotatable bonds is 5. The first-order valence-electron chi connectivity index (χ1n) is 5.87. The van der Waals surface area contributed by atoms with E-state index in [1.807, 2.05) is 6.92 Å². The highest BCUT2D eigenvalue weighted by Crippen LogP contribution is 2.19. The molecule has 6 heteroatoms. The van der Waals surface area contributed by atoms with Crippen molar-refractivity contribution in [2.45, 2.75) is 6.92 Å². The fraction of sp³-hybridized carbons (Fsp3) is 0.385. The van der Waals surface area contributed by atoms with Gasteiger partial charge in [0, 0.05) is 17.8 Å². The number of carbonyl (C=O) groups excluding carboxylic acids is 2. The second kappa shape index (κ2) is 7.11. The number of amides is 2. The number of halogens is 1. The number of likely N-dealkylation sites (N-methyl/N-ethyl adjacent to an activating group) is 2. The Morgan fingerprint density at radius 2 is 1.89 bits per heavy atom. The van der Waals surface area contributed by atoms with Gasteiger partial charge >= 0.3 is 0 Å². The van der Waals surface area contributed by atoms with Crippen molar-refractivity contribution in [3.63, 3.8) is 0 Å². The Morgan fingerprint density at radius 1 is 1.26 bits per heavy atom. The summed E-state index contributed by atoms with van der Waals surface area (Å²) in [5.41, 5.74) is 1.62. The minimum absolute atomic E-state index is 0.127. The van der Waals surface area contributed by atoms with Crippen LogP contribution in [0.15, 0.2) is 18.2 Å². The first kappa shape index (κ1) is 15.5. The van der Waals surface area contributed by atoms with E-state index in [0.717, 1.165) is 11.3 Å². The largest absolute Gasteiger partial charge is 0.358 e. The second-order valence-electron chi connectivity index (χ2n) is 4.35. The number of carbonyl (C=O) groups is 2. The molecule has 5 nitrogen and oxygen atoms in total. The molecule has 0 fully saturated rings. The fourth-order valence-electron chi connectivity index (χ4n) is 1.58. The summed E-state index contributed by atoms with van der Waals surface area (Å²) in [7, 11) is 3.27. The molecule has 1 aromatic carbocycles. The van der Waals surface area contributed by atoms with Gasteiger partial charge in [0.2, 0.25) is 11.8 Å². The normalized spacial score (nSPS) is 10.4. The van der Waals surface area contributed by atoms with Crippen LogP contribution in [0, 0.1) is 6.92 Å². The van der Waals surface area contributed by atoms with E-state index in [1.165, 1.54) is 0 Å². The van der Waals surface area contributed by atoms with Crippen LogP contribution in [0.4, 0.5) is 5.69 Å². The lowest BCUT2D eigenvalue weighted by Gasteiger charge is -2.15. The van der Waals surface area contributed by atoms with E-state index in [9.17, 15) is 9.59 Å².